The van der Waals surface area contributed by atoms with Gasteiger partial charge in [0.2, 0.25) is 0 Å². The van der Waals surface area contributed by atoms with Crippen LogP contribution in [0.3, 0.4) is 0 Å². The average Bonchev–Trinajstić information content (AvgIpc) is 3.61. The molecule has 0 amide bonds. The summed E-state index contributed by atoms with van der Waals surface area (Å²) in [7, 11) is 0. The number of rotatable bonds is 3. The lowest BCUT2D eigenvalue weighted by molar-refractivity contribution is -0.148. The van der Waals surface area contributed by atoms with Crippen LogP contribution in [0.4, 0.5) is 0 Å². The van der Waals surface area contributed by atoms with Crippen molar-refractivity contribution in [3.63, 3.8) is 0 Å². The molecule has 8 heteroatoms. The van der Waals surface area contributed by atoms with Crippen molar-refractivity contribution in [2.45, 2.75) is 101 Å². The van der Waals surface area contributed by atoms with Crippen molar-refractivity contribution in [1.82, 2.24) is 0 Å². The summed E-state index contributed by atoms with van der Waals surface area (Å²) in [5, 5.41) is 21.5. The zero-order chi connectivity index (χ0) is 26.4. The summed E-state index contributed by atoms with van der Waals surface area (Å²) in [6.45, 7) is 6.34. The third-order valence-corrected chi connectivity index (χ3v) is 7.09. The summed E-state index contributed by atoms with van der Waals surface area (Å²) in [6, 6.07) is 0. The third-order valence-electron chi connectivity index (χ3n) is 7.09. The van der Waals surface area contributed by atoms with Gasteiger partial charge in [0.1, 0.15) is 24.4 Å². The highest BCUT2D eigenvalue weighted by Gasteiger charge is 2.46. The van der Waals surface area contributed by atoms with E-state index < -0.39 is 36.5 Å². The SMILES string of the molecule is C=C1CC(C)C[C@@H]2CC=CC(C/C=C\C(=O)OC(C(O)/C=C/C3CC(=O)C=CO3)C[C@@H]3OC3[C@@H](O)C1)O2. The van der Waals surface area contributed by atoms with Crippen molar-refractivity contribution in [2.75, 3.05) is 0 Å². The van der Waals surface area contributed by atoms with Crippen molar-refractivity contribution >= 4 is 11.8 Å². The second-order valence-electron chi connectivity index (χ2n) is 10.5. The number of cyclic esters (lactones) is 1. The van der Waals surface area contributed by atoms with Gasteiger partial charge in [0.25, 0.3) is 0 Å². The van der Waals surface area contributed by atoms with E-state index in [-0.39, 0.29) is 36.9 Å². The summed E-state index contributed by atoms with van der Waals surface area (Å²) in [4.78, 5) is 24.2. The van der Waals surface area contributed by atoms with E-state index in [1.165, 1.54) is 24.5 Å². The molecule has 9 atom stereocenters. The van der Waals surface area contributed by atoms with Gasteiger partial charge < -0.3 is 29.2 Å². The molecule has 4 aliphatic heterocycles. The number of aliphatic hydroxyl groups excluding tert-OH is 2. The van der Waals surface area contributed by atoms with Crippen LogP contribution in [0, 0.1) is 5.92 Å². The molecular formula is C29H38O8. The molecule has 0 aromatic heterocycles. The van der Waals surface area contributed by atoms with E-state index in [0.29, 0.717) is 18.8 Å². The molecule has 1 fully saturated rings. The Bertz CT molecular complexity index is 950. The zero-order valence-electron chi connectivity index (χ0n) is 21.3. The van der Waals surface area contributed by atoms with E-state index in [1.807, 2.05) is 6.08 Å². The second-order valence-corrected chi connectivity index (χ2v) is 10.5. The molecule has 0 saturated carbocycles. The first-order chi connectivity index (χ1) is 17.8. The number of allylic oxidation sites excluding steroid dienone is 1. The standard InChI is InChI=1S/C29H38O8/c1-18-13-19(2)15-25(32)29-27(37-29)17-26(24(31)10-9-22-16-20(30)11-12-34-22)36-28(33)8-4-6-21-5-3-7-23(14-18)35-21/h3-5,8-12,18,21-27,29,31-32H,2,6-7,13-17H2,1H3/b8-4-,10-9+/t18?,21?,22?,23-,24?,25-,26?,27-,29?/m0/s1. The lowest BCUT2D eigenvalue weighted by Gasteiger charge is -2.28. The molecule has 4 rings (SSSR count). The minimum absolute atomic E-state index is 0.0644. The molecule has 0 radical (unpaired) electrons. The van der Waals surface area contributed by atoms with E-state index in [9.17, 15) is 19.8 Å². The molecule has 202 valence electrons. The van der Waals surface area contributed by atoms with Crippen LogP contribution < -0.4 is 0 Å². The van der Waals surface area contributed by atoms with Crippen LogP contribution >= 0.6 is 0 Å². The highest BCUT2D eigenvalue weighted by Crippen LogP contribution is 2.34. The number of hydrogen-bond acceptors (Lipinski definition) is 8. The van der Waals surface area contributed by atoms with E-state index in [4.69, 9.17) is 18.9 Å². The second kappa shape index (κ2) is 12.8. The fraction of sp³-hybridized carbons (Fsp3) is 0.586. The Balaban J connectivity index is 1.45. The monoisotopic (exact) mass is 514 g/mol. The predicted molar refractivity (Wildman–Crippen MR) is 136 cm³/mol. The fourth-order valence-corrected chi connectivity index (χ4v) is 5.20. The van der Waals surface area contributed by atoms with Crippen LogP contribution in [-0.2, 0) is 28.5 Å². The van der Waals surface area contributed by atoms with Crippen molar-refractivity contribution in [1.29, 1.82) is 0 Å². The number of esters is 1. The van der Waals surface area contributed by atoms with Crippen LogP contribution in [0.5, 0.6) is 0 Å². The number of hydrogen-bond donors (Lipinski definition) is 2. The van der Waals surface area contributed by atoms with Gasteiger partial charge in [-0.25, -0.2) is 4.79 Å². The molecule has 0 aromatic rings. The van der Waals surface area contributed by atoms with Gasteiger partial charge in [0.05, 0.1) is 37.1 Å². The number of aliphatic hydroxyl groups is 2. The maximum absolute atomic E-state index is 12.6. The molecular weight excluding hydrogens is 476 g/mol. The third kappa shape index (κ3) is 8.50. The first kappa shape index (κ1) is 27.5. The van der Waals surface area contributed by atoms with Crippen molar-refractivity contribution in [3.05, 3.63) is 60.9 Å². The maximum atomic E-state index is 12.6. The summed E-state index contributed by atoms with van der Waals surface area (Å²) in [6.07, 6.45) is 12.9. The van der Waals surface area contributed by atoms with Gasteiger partial charge in [-0.2, -0.15) is 0 Å². The average molecular weight is 515 g/mol. The smallest absolute Gasteiger partial charge is 0.330 e. The highest BCUT2D eigenvalue weighted by atomic mass is 16.6. The minimum Gasteiger partial charge on any atom is -0.493 e. The summed E-state index contributed by atoms with van der Waals surface area (Å²) >= 11 is 0. The van der Waals surface area contributed by atoms with E-state index >= 15 is 0 Å². The topological polar surface area (TPSA) is 115 Å². The molecule has 4 heterocycles. The molecule has 4 aliphatic rings. The van der Waals surface area contributed by atoms with E-state index in [0.717, 1.165) is 24.8 Å². The van der Waals surface area contributed by atoms with Crippen molar-refractivity contribution in [2.24, 2.45) is 5.92 Å². The van der Waals surface area contributed by atoms with Crippen molar-refractivity contribution in [3.8, 4) is 0 Å². The Kier molecular flexibility index (Phi) is 9.54. The summed E-state index contributed by atoms with van der Waals surface area (Å²) in [5.41, 5.74) is 0.961. The Hall–Kier alpha value is -2.52. The van der Waals surface area contributed by atoms with Crippen LogP contribution in [0.1, 0.15) is 51.9 Å². The summed E-state index contributed by atoms with van der Waals surface area (Å²) < 4.78 is 22.9. The molecule has 6 unspecified atom stereocenters. The van der Waals surface area contributed by atoms with Gasteiger partial charge >= 0.3 is 5.97 Å². The molecule has 0 spiro atoms. The highest BCUT2D eigenvalue weighted by molar-refractivity contribution is 5.90. The number of carbonyl (C=O) groups is 2. The molecule has 0 aromatic carbocycles. The number of epoxide rings is 1. The number of fused-ring (bicyclic) bond motifs is 3. The van der Waals surface area contributed by atoms with Crippen LogP contribution in [0.2, 0.25) is 0 Å². The van der Waals surface area contributed by atoms with E-state index in [2.05, 4.69) is 19.6 Å². The number of ether oxygens (including phenoxy) is 4. The molecule has 2 bridgehead atoms. The Morgan fingerprint density at radius 2 is 1.92 bits per heavy atom. The van der Waals surface area contributed by atoms with Gasteiger partial charge in [0.15, 0.2) is 5.78 Å². The Morgan fingerprint density at radius 1 is 1.08 bits per heavy atom. The molecule has 8 nitrogen and oxygen atoms in total. The lowest BCUT2D eigenvalue weighted by atomic mass is 9.91. The first-order valence-electron chi connectivity index (χ1n) is 13.2. The largest absolute Gasteiger partial charge is 0.493 e. The fourth-order valence-electron chi connectivity index (χ4n) is 5.20. The molecule has 2 N–H and O–H groups in total. The van der Waals surface area contributed by atoms with Crippen LogP contribution in [-0.4, -0.2) is 70.8 Å². The predicted octanol–water partition coefficient (Wildman–Crippen LogP) is 3.24. The molecule has 0 aliphatic carbocycles. The minimum atomic E-state index is -1.14. The van der Waals surface area contributed by atoms with Crippen LogP contribution in [0.15, 0.2) is 60.9 Å². The Labute approximate surface area is 218 Å². The Morgan fingerprint density at radius 3 is 2.73 bits per heavy atom. The van der Waals surface area contributed by atoms with Gasteiger partial charge in [0, 0.05) is 18.6 Å². The number of ketones is 1. The number of carbonyl (C=O) groups excluding carboxylic acids is 2. The van der Waals surface area contributed by atoms with Gasteiger partial charge in [-0.05, 0) is 44.1 Å². The van der Waals surface area contributed by atoms with Gasteiger partial charge in [-0.1, -0.05) is 43.4 Å². The maximum Gasteiger partial charge on any atom is 0.330 e. The summed E-state index contributed by atoms with van der Waals surface area (Å²) in [5.74, 6) is -0.283. The molecule has 37 heavy (non-hydrogen) atoms. The zero-order valence-corrected chi connectivity index (χ0v) is 21.3. The van der Waals surface area contributed by atoms with E-state index in [1.54, 1.807) is 12.2 Å². The van der Waals surface area contributed by atoms with Gasteiger partial charge in [-0.3, -0.25) is 4.79 Å². The lowest BCUT2D eigenvalue weighted by Crippen LogP contribution is -2.32. The van der Waals surface area contributed by atoms with Crippen LogP contribution in [0.25, 0.3) is 0 Å². The van der Waals surface area contributed by atoms with Gasteiger partial charge in [-0.15, -0.1) is 0 Å². The first-order valence-corrected chi connectivity index (χ1v) is 13.2. The quantitative estimate of drug-likeness (QED) is 0.335. The normalized spacial score (nSPS) is 39.2. The molecule has 1 saturated heterocycles. The van der Waals surface area contributed by atoms with Crippen molar-refractivity contribution < 1.29 is 38.7 Å².